The van der Waals surface area contributed by atoms with Crippen molar-refractivity contribution in [3.05, 3.63) is 237 Å². The summed E-state index contributed by atoms with van der Waals surface area (Å²) in [5.41, 5.74) is 15.4. The second-order valence-corrected chi connectivity index (χ2v) is 16.9. The summed E-state index contributed by atoms with van der Waals surface area (Å²) in [6.45, 7) is 0. The van der Waals surface area contributed by atoms with Crippen LogP contribution in [0.2, 0.25) is 0 Å². The maximum atomic E-state index is 7.06. The smallest absolute Gasteiger partial charge is 0.164 e. The van der Waals surface area contributed by atoms with Gasteiger partial charge in [0, 0.05) is 61.2 Å². The predicted octanol–water partition coefficient (Wildman–Crippen LogP) is 15.9. The summed E-state index contributed by atoms with van der Waals surface area (Å²) in [6, 6.07) is 79.9. The molecule has 6 heteroatoms. The number of furan rings is 1. The highest BCUT2D eigenvalue weighted by Crippen LogP contribution is 2.47. The fraction of sp³-hybridized carbons (Fsp3) is 0. The van der Waals surface area contributed by atoms with E-state index in [0.717, 1.165) is 105 Å². The largest absolute Gasteiger partial charge is 0.454 e. The maximum Gasteiger partial charge on any atom is 0.164 e. The zero-order valence-corrected chi connectivity index (χ0v) is 36.7. The van der Waals surface area contributed by atoms with Crippen molar-refractivity contribution in [1.29, 1.82) is 0 Å². The summed E-state index contributed by atoms with van der Waals surface area (Å²) in [5, 5.41) is 4.28. The quantitative estimate of drug-likeness (QED) is 0.152. The van der Waals surface area contributed by atoms with Crippen LogP contribution in [0.15, 0.2) is 241 Å². The van der Waals surface area contributed by atoms with Crippen molar-refractivity contribution in [3.63, 3.8) is 0 Å². The minimum atomic E-state index is 0.534. The fourth-order valence-corrected chi connectivity index (χ4v) is 9.87. The normalized spacial score (nSPS) is 11.5. The lowest BCUT2D eigenvalue weighted by Crippen LogP contribution is -2.02. The topological polar surface area (TPSA) is 69.6 Å². The third kappa shape index (κ3) is 6.58. The van der Waals surface area contributed by atoms with Crippen LogP contribution in [0, 0.1) is 0 Å². The standard InChI is InChI=1S/C62H39N5O/c1-6-20-40(21-7-1)45-31-18-32-46(41-22-8-2-9-23-41)56(45)53-38-51(62-65-60(42-24-10-3-11-25-42)64-61(66-62)43-26-12-4-13-27-43)52(39-63-53)48-33-19-35-55-57(48)50-37-36-49-47-30-16-17-34-54(47)67(58(49)59(50)68-55)44-28-14-5-15-29-44/h1-39H. The monoisotopic (exact) mass is 869 g/mol. The van der Waals surface area contributed by atoms with Crippen LogP contribution in [0.25, 0.3) is 128 Å². The molecule has 0 amide bonds. The molecule has 13 rings (SSSR count). The van der Waals surface area contributed by atoms with E-state index in [2.05, 4.69) is 174 Å². The minimum absolute atomic E-state index is 0.534. The molecule has 9 aromatic carbocycles. The summed E-state index contributed by atoms with van der Waals surface area (Å²) < 4.78 is 9.38. The first-order valence-corrected chi connectivity index (χ1v) is 22.8. The highest BCUT2D eigenvalue weighted by molar-refractivity contribution is 6.24. The zero-order valence-electron chi connectivity index (χ0n) is 36.7. The van der Waals surface area contributed by atoms with Gasteiger partial charge in [-0.2, -0.15) is 0 Å². The van der Waals surface area contributed by atoms with Crippen molar-refractivity contribution in [1.82, 2.24) is 24.5 Å². The third-order valence-electron chi connectivity index (χ3n) is 12.9. The molecule has 6 nitrogen and oxygen atoms in total. The van der Waals surface area contributed by atoms with Gasteiger partial charge in [0.1, 0.15) is 5.58 Å². The van der Waals surface area contributed by atoms with Gasteiger partial charge in [-0.1, -0.05) is 194 Å². The number of pyridine rings is 1. The first-order chi connectivity index (χ1) is 33.7. The first kappa shape index (κ1) is 39.1. The molecule has 0 aliphatic heterocycles. The highest BCUT2D eigenvalue weighted by Gasteiger charge is 2.25. The maximum absolute atomic E-state index is 7.06. The van der Waals surface area contributed by atoms with Crippen molar-refractivity contribution in [2.24, 2.45) is 0 Å². The van der Waals surface area contributed by atoms with E-state index in [1.165, 1.54) is 5.39 Å². The van der Waals surface area contributed by atoms with Crippen molar-refractivity contribution in [3.8, 4) is 84.5 Å². The molecule has 4 heterocycles. The summed E-state index contributed by atoms with van der Waals surface area (Å²) in [4.78, 5) is 21.2. The average molecular weight is 870 g/mol. The van der Waals surface area contributed by atoms with E-state index in [4.69, 9.17) is 24.4 Å². The molecule has 0 atom stereocenters. The van der Waals surface area contributed by atoms with Gasteiger partial charge in [-0.3, -0.25) is 4.98 Å². The Morgan fingerprint density at radius 1 is 0.368 bits per heavy atom. The Hall–Kier alpha value is -9.26. The lowest BCUT2D eigenvalue weighted by atomic mass is 9.88. The molecular formula is C62H39N5O. The van der Waals surface area contributed by atoms with Gasteiger partial charge < -0.3 is 8.98 Å². The summed E-state index contributed by atoms with van der Waals surface area (Å²) >= 11 is 0. The van der Waals surface area contributed by atoms with Crippen molar-refractivity contribution in [2.45, 2.75) is 0 Å². The van der Waals surface area contributed by atoms with Crippen LogP contribution in [-0.2, 0) is 0 Å². The number of hydrogen-bond acceptors (Lipinski definition) is 5. The molecule has 4 aromatic heterocycles. The molecule has 0 aliphatic rings. The SMILES string of the molecule is c1ccc(-c2nc(-c3ccccc3)nc(-c3cc(-c4c(-c5ccccc5)cccc4-c4ccccc4)ncc3-c3cccc4oc5c(ccc6c7ccccc7n(-c7ccccc7)c65)c34)n2)cc1. The molecule has 0 unspecified atom stereocenters. The second kappa shape index (κ2) is 16.3. The van der Waals surface area contributed by atoms with Gasteiger partial charge >= 0.3 is 0 Å². The molecule has 0 saturated carbocycles. The van der Waals surface area contributed by atoms with Gasteiger partial charge in [0.15, 0.2) is 23.1 Å². The number of para-hydroxylation sites is 2. The number of nitrogens with zero attached hydrogens (tertiary/aromatic N) is 5. The van der Waals surface area contributed by atoms with Gasteiger partial charge in [-0.05, 0) is 64.2 Å². The predicted molar refractivity (Wildman–Crippen MR) is 277 cm³/mol. The minimum Gasteiger partial charge on any atom is -0.454 e. The number of hydrogen-bond donors (Lipinski definition) is 0. The summed E-state index contributed by atoms with van der Waals surface area (Å²) in [6.07, 6.45) is 2.00. The Labute approximate surface area is 392 Å². The van der Waals surface area contributed by atoms with Crippen LogP contribution in [0.1, 0.15) is 0 Å². The van der Waals surface area contributed by atoms with Crippen LogP contribution in [0.5, 0.6) is 0 Å². The van der Waals surface area contributed by atoms with Crippen molar-refractivity contribution < 1.29 is 4.42 Å². The lowest BCUT2D eigenvalue weighted by molar-refractivity contribution is 0.671. The number of rotatable bonds is 8. The Morgan fingerprint density at radius 3 is 1.51 bits per heavy atom. The van der Waals surface area contributed by atoms with Crippen LogP contribution in [-0.4, -0.2) is 24.5 Å². The third-order valence-corrected chi connectivity index (χ3v) is 12.9. The lowest BCUT2D eigenvalue weighted by Gasteiger charge is -2.18. The van der Waals surface area contributed by atoms with E-state index in [9.17, 15) is 0 Å². The molecule has 13 aromatic rings. The molecule has 0 spiro atoms. The van der Waals surface area contributed by atoms with E-state index in [0.29, 0.717) is 17.5 Å². The second-order valence-electron chi connectivity index (χ2n) is 16.9. The zero-order chi connectivity index (χ0) is 45.0. The van der Waals surface area contributed by atoms with Gasteiger partial charge in [-0.15, -0.1) is 0 Å². The van der Waals surface area contributed by atoms with Gasteiger partial charge in [0.25, 0.3) is 0 Å². The van der Waals surface area contributed by atoms with E-state index in [1.54, 1.807) is 0 Å². The Bertz CT molecular complexity index is 3880. The van der Waals surface area contributed by atoms with Crippen LogP contribution < -0.4 is 0 Å². The average Bonchev–Trinajstić information content (AvgIpc) is 3.98. The van der Waals surface area contributed by atoms with Crippen LogP contribution in [0.4, 0.5) is 0 Å². The fourth-order valence-electron chi connectivity index (χ4n) is 9.87. The van der Waals surface area contributed by atoms with Gasteiger partial charge in [0.05, 0.1) is 16.7 Å². The summed E-state index contributed by atoms with van der Waals surface area (Å²) in [5.74, 6) is 1.69. The van der Waals surface area contributed by atoms with E-state index < -0.39 is 0 Å². The molecule has 0 aliphatic carbocycles. The molecule has 0 bridgehead atoms. The number of benzene rings is 9. The van der Waals surface area contributed by atoms with Gasteiger partial charge in [0.2, 0.25) is 0 Å². The molecule has 68 heavy (non-hydrogen) atoms. The Balaban J connectivity index is 1.12. The molecular weight excluding hydrogens is 831 g/mol. The Kier molecular flexibility index (Phi) is 9.39. The van der Waals surface area contributed by atoms with E-state index in [-0.39, 0.29) is 0 Å². The number of fused-ring (bicyclic) bond motifs is 7. The van der Waals surface area contributed by atoms with E-state index >= 15 is 0 Å². The Morgan fingerprint density at radius 2 is 0.882 bits per heavy atom. The first-order valence-electron chi connectivity index (χ1n) is 22.8. The van der Waals surface area contributed by atoms with Crippen molar-refractivity contribution >= 4 is 43.7 Å². The molecule has 0 fully saturated rings. The van der Waals surface area contributed by atoms with Crippen LogP contribution in [0.3, 0.4) is 0 Å². The van der Waals surface area contributed by atoms with E-state index in [1.807, 2.05) is 66.9 Å². The van der Waals surface area contributed by atoms with Crippen LogP contribution >= 0.6 is 0 Å². The summed E-state index contributed by atoms with van der Waals surface area (Å²) in [7, 11) is 0. The molecule has 0 radical (unpaired) electrons. The highest BCUT2D eigenvalue weighted by atomic mass is 16.3. The van der Waals surface area contributed by atoms with Crippen molar-refractivity contribution in [2.75, 3.05) is 0 Å². The molecule has 0 N–H and O–H groups in total. The number of aromatic nitrogens is 5. The molecule has 0 saturated heterocycles. The van der Waals surface area contributed by atoms with Gasteiger partial charge in [-0.25, -0.2) is 15.0 Å². The molecule has 318 valence electrons.